The molecule has 1 aliphatic rings. The molecule has 3 heteroatoms. The van der Waals surface area contributed by atoms with E-state index in [2.05, 4.69) is 18.4 Å². The van der Waals surface area contributed by atoms with Crippen LogP contribution in [0.2, 0.25) is 0 Å². The predicted octanol–water partition coefficient (Wildman–Crippen LogP) is 0.914. The second-order valence-corrected chi connectivity index (χ2v) is 2.17. The summed E-state index contributed by atoms with van der Waals surface area (Å²) in [5, 5.41) is 0. The Labute approximate surface area is 120 Å². The van der Waals surface area contributed by atoms with Crippen molar-refractivity contribution in [2.45, 2.75) is 12.8 Å². The molecule has 47 valence electrons. The zero-order chi connectivity index (χ0) is 5.11. The van der Waals surface area contributed by atoms with Crippen LogP contribution in [0.4, 0.5) is 0 Å². The third-order valence-corrected chi connectivity index (χ3v) is 1.43. The number of nitrogens with zero attached hydrogens (tertiary/aromatic N) is 1. The van der Waals surface area contributed by atoms with Crippen molar-refractivity contribution in [2.24, 2.45) is 0 Å². The fourth-order valence-electron chi connectivity index (χ4n) is 0.879. The van der Waals surface area contributed by atoms with Gasteiger partial charge in [-0.3, -0.25) is 0 Å². The van der Waals surface area contributed by atoms with Crippen LogP contribution < -0.4 is 0 Å². The van der Waals surface area contributed by atoms with Crippen LogP contribution in [-0.2, 0) is 32.7 Å². The van der Waals surface area contributed by atoms with Crippen LogP contribution >= 0.6 is 0 Å². The molecule has 0 atom stereocenters. The smallest absolute Gasteiger partial charge is 0 e. The van der Waals surface area contributed by atoms with Crippen LogP contribution in [0, 0.1) is 51.4 Å². The van der Waals surface area contributed by atoms with Gasteiger partial charge in [0.05, 0.1) is 0 Å². The van der Waals surface area contributed by atoms with E-state index in [1.807, 2.05) is 0 Å². The summed E-state index contributed by atoms with van der Waals surface area (Å²) in [6, 6.07) is 0. The minimum Gasteiger partial charge on any atom is -0.326 e. The maximum atomic E-state index is 2.36. The number of piperidine rings is 1. The fraction of sp³-hybridized carbons (Fsp3) is 0.833. The molecule has 0 unspecified atom stereocenters. The quantitative estimate of drug-likeness (QED) is 0.535. The van der Waals surface area contributed by atoms with E-state index in [0.717, 1.165) is 0 Å². The largest absolute Gasteiger partial charge is 0.326 e. The van der Waals surface area contributed by atoms with E-state index < -0.39 is 0 Å². The third kappa shape index (κ3) is 6.91. The molecule has 0 bridgehead atoms. The average molecular weight is 413 g/mol. The summed E-state index contributed by atoms with van der Waals surface area (Å²) in [4.78, 5) is 2.36. The molecule has 0 aromatic carbocycles. The predicted molar refractivity (Wildman–Crippen MR) is 31.0 cm³/mol. The van der Waals surface area contributed by atoms with Crippen molar-refractivity contribution in [3.05, 3.63) is 6.42 Å². The first-order valence-corrected chi connectivity index (χ1v) is 2.90. The molecule has 0 spiro atoms. The minimum atomic E-state index is 0. The van der Waals surface area contributed by atoms with Gasteiger partial charge < -0.3 is 11.3 Å². The van der Waals surface area contributed by atoms with Crippen molar-refractivity contribution in [1.82, 2.24) is 4.90 Å². The molecule has 1 heterocycles. The van der Waals surface area contributed by atoms with Gasteiger partial charge in [0.25, 0.3) is 0 Å². The van der Waals surface area contributed by atoms with E-state index in [1.165, 1.54) is 25.9 Å². The van der Waals surface area contributed by atoms with Gasteiger partial charge >= 0.3 is 0 Å². The van der Waals surface area contributed by atoms with Gasteiger partial charge in [-0.2, -0.15) is 12.8 Å². The summed E-state index contributed by atoms with van der Waals surface area (Å²) < 4.78 is 0. The molecule has 0 amide bonds. The molecule has 0 aliphatic carbocycles. The number of likely N-dealkylation sites (tertiary alicyclic amines) is 1. The van der Waals surface area contributed by atoms with Crippen LogP contribution in [0.5, 0.6) is 0 Å². The number of hydrogen-bond acceptors (Lipinski definition) is 1. The normalized spacial score (nSPS) is 19.7. The van der Waals surface area contributed by atoms with Gasteiger partial charge in [-0.05, 0) is 20.1 Å². The van der Waals surface area contributed by atoms with E-state index in [4.69, 9.17) is 0 Å². The van der Waals surface area contributed by atoms with Crippen molar-refractivity contribution >= 4 is 0 Å². The van der Waals surface area contributed by atoms with Crippen LogP contribution in [0.3, 0.4) is 0 Å². The monoisotopic (exact) mass is 413 g/mol. The first-order valence-electron chi connectivity index (χ1n) is 2.90. The molecule has 0 saturated carbocycles. The van der Waals surface area contributed by atoms with E-state index in [9.17, 15) is 0 Å². The van der Waals surface area contributed by atoms with Crippen LogP contribution in [0.1, 0.15) is 12.8 Å². The molecule has 1 rings (SSSR count). The molecule has 3 radical (unpaired) electrons. The Morgan fingerprint density at radius 2 is 1.67 bits per heavy atom. The summed E-state index contributed by atoms with van der Waals surface area (Å²) in [6.07, 6.45) is 4.94. The van der Waals surface area contributed by atoms with Gasteiger partial charge in [-0.15, -0.1) is 0 Å². The average Bonchev–Trinajstić information content (AvgIpc) is 1.69. The molecule has 1 aliphatic heterocycles. The fourth-order valence-corrected chi connectivity index (χ4v) is 0.879. The molecular weight excluding hydrogens is 401 g/mol. The second-order valence-electron chi connectivity index (χ2n) is 2.17. The molecular formula is C6H12NRaY-. The van der Waals surface area contributed by atoms with Gasteiger partial charge in [-0.25, -0.2) is 0 Å². The van der Waals surface area contributed by atoms with E-state index in [0.29, 0.717) is 0 Å². The van der Waals surface area contributed by atoms with E-state index >= 15 is 0 Å². The molecule has 0 aromatic rings. The van der Waals surface area contributed by atoms with E-state index in [-0.39, 0.29) is 77.7 Å². The standard InChI is InChI=1S/C6H12N.Ra.Y/c1-7-5-3-2-4-6-7;;/h2H,3-6H2,1H3;;/q-1;;. The molecule has 1 nitrogen and oxygen atoms in total. The Morgan fingerprint density at radius 3 is 1.89 bits per heavy atom. The van der Waals surface area contributed by atoms with Crippen molar-refractivity contribution in [3.8, 4) is 0 Å². The second kappa shape index (κ2) is 8.63. The SMILES string of the molecule is CN1CC[CH-]CC1.[Ra].[Y]. The molecule has 0 N–H and O–H groups in total. The Bertz CT molecular complexity index is 55.0. The van der Waals surface area contributed by atoms with Gasteiger partial charge in [0.1, 0.15) is 0 Å². The minimum absolute atomic E-state index is 0. The zero-order valence-electron chi connectivity index (χ0n) is 6.14. The number of rotatable bonds is 0. The number of hydrogen-bond donors (Lipinski definition) is 0. The molecule has 1 fully saturated rings. The summed E-state index contributed by atoms with van der Waals surface area (Å²) in [7, 11) is 2.17. The van der Waals surface area contributed by atoms with Crippen molar-refractivity contribution < 1.29 is 77.7 Å². The zero-order valence-corrected chi connectivity index (χ0v) is 14.8. The summed E-state index contributed by atoms with van der Waals surface area (Å²) in [5.41, 5.74) is 0. The van der Waals surface area contributed by atoms with Gasteiger partial charge in [-0.1, -0.05) is 0 Å². The molecule has 1 saturated heterocycles. The first-order chi connectivity index (χ1) is 3.39. The molecule has 9 heavy (non-hydrogen) atoms. The Hall–Kier alpha value is 2.53. The van der Waals surface area contributed by atoms with Crippen LogP contribution in [-0.4, -0.2) is 25.0 Å². The third-order valence-electron chi connectivity index (χ3n) is 1.43. The van der Waals surface area contributed by atoms with Crippen molar-refractivity contribution in [1.29, 1.82) is 0 Å². The molecule has 0 aromatic heterocycles. The first kappa shape index (κ1) is 14.1. The van der Waals surface area contributed by atoms with Crippen molar-refractivity contribution in [3.63, 3.8) is 0 Å². The van der Waals surface area contributed by atoms with Gasteiger partial charge in [0.2, 0.25) is 0 Å². The van der Waals surface area contributed by atoms with Gasteiger partial charge in [0.15, 0.2) is 0 Å². The topological polar surface area (TPSA) is 3.24 Å². The van der Waals surface area contributed by atoms with Gasteiger partial charge in [0, 0.05) is 77.7 Å². The Kier molecular flexibility index (Phi) is 13.5. The summed E-state index contributed by atoms with van der Waals surface area (Å²) in [6.45, 7) is 2.53. The van der Waals surface area contributed by atoms with Crippen LogP contribution in [0.25, 0.3) is 0 Å². The summed E-state index contributed by atoms with van der Waals surface area (Å²) >= 11 is 0. The Morgan fingerprint density at radius 1 is 1.22 bits per heavy atom. The maximum absolute atomic E-state index is 2.36. The summed E-state index contributed by atoms with van der Waals surface area (Å²) in [5.74, 6) is 0. The maximum Gasteiger partial charge on any atom is 0 e. The van der Waals surface area contributed by atoms with Crippen LogP contribution in [0.15, 0.2) is 0 Å². The Balaban J connectivity index is 0. The van der Waals surface area contributed by atoms with E-state index in [1.54, 1.807) is 0 Å². The van der Waals surface area contributed by atoms with Crippen molar-refractivity contribution in [2.75, 3.05) is 20.1 Å².